The number of phenols is 2. The number of carbonyl (C=O) groups excluding carboxylic acids is 1. The molecule has 2 bridgehead atoms. The summed E-state index contributed by atoms with van der Waals surface area (Å²) < 4.78 is 7.63. The summed E-state index contributed by atoms with van der Waals surface area (Å²) in [5, 5.41) is 120. The molecule has 6 fully saturated rings. The van der Waals surface area contributed by atoms with Crippen LogP contribution >= 0.6 is 0 Å². The van der Waals surface area contributed by atoms with Crippen LogP contribution < -0.4 is 15.8 Å². The van der Waals surface area contributed by atoms with Gasteiger partial charge in [0.15, 0.2) is 5.78 Å². The van der Waals surface area contributed by atoms with Crippen molar-refractivity contribution >= 4 is 17.6 Å². The van der Waals surface area contributed by atoms with Crippen molar-refractivity contribution in [2.45, 2.75) is 172 Å². The van der Waals surface area contributed by atoms with Crippen LogP contribution in [0.15, 0.2) is 59.7 Å². The van der Waals surface area contributed by atoms with E-state index in [-0.39, 0.29) is 79.3 Å². The molecule has 10 aliphatic carbocycles. The Morgan fingerprint density at radius 1 is 0.918 bits per heavy atom. The van der Waals surface area contributed by atoms with Gasteiger partial charge in [-0.15, -0.1) is 0 Å². The number of benzene rings is 2. The van der Waals surface area contributed by atoms with Crippen LogP contribution in [-0.2, 0) is 16.0 Å². The summed E-state index contributed by atoms with van der Waals surface area (Å²) >= 11 is 0. The van der Waals surface area contributed by atoms with Crippen LogP contribution in [0.1, 0.15) is 136 Å². The number of phenolic OH excluding ortho intramolecular Hbond substituents is 2. The van der Waals surface area contributed by atoms with Crippen molar-refractivity contribution in [2.75, 3.05) is 19.7 Å². The summed E-state index contributed by atoms with van der Waals surface area (Å²) in [7, 11) is 0. The van der Waals surface area contributed by atoms with Crippen molar-refractivity contribution in [1.29, 1.82) is 0 Å². The van der Waals surface area contributed by atoms with Crippen LogP contribution in [0.25, 0.3) is 11.8 Å². The predicted molar refractivity (Wildman–Crippen MR) is 275 cm³/mol. The summed E-state index contributed by atoms with van der Waals surface area (Å²) in [4.78, 5) is 15.9. The molecule has 12 heteroatoms. The first-order chi connectivity index (χ1) is 34.6. The number of aliphatic hydroxyl groups excluding tert-OH is 4. The fourth-order valence-electron chi connectivity index (χ4n) is 20.5. The molecule has 73 heavy (non-hydrogen) atoms. The smallest absolute Gasteiger partial charge is 0.160 e. The molecule has 396 valence electrons. The highest BCUT2D eigenvalue weighted by atomic mass is 16.6. The Morgan fingerprint density at radius 3 is 2.42 bits per heavy atom. The highest BCUT2D eigenvalue weighted by molar-refractivity contribution is 5.96. The quantitative estimate of drug-likeness (QED) is 0.108. The van der Waals surface area contributed by atoms with Crippen LogP contribution in [0.5, 0.6) is 11.5 Å². The van der Waals surface area contributed by atoms with Gasteiger partial charge >= 0.3 is 0 Å². The Labute approximate surface area is 430 Å². The van der Waals surface area contributed by atoms with Gasteiger partial charge in [0, 0.05) is 72.3 Å². The van der Waals surface area contributed by atoms with E-state index in [4.69, 9.17) is 4.74 Å². The van der Waals surface area contributed by atoms with Crippen molar-refractivity contribution in [2.24, 2.45) is 69.0 Å². The van der Waals surface area contributed by atoms with Crippen LogP contribution in [0.3, 0.4) is 0 Å². The SMILES string of the molecule is CCCCC[C@@H]1C[C@@]2(C[C@]3(C)[C@@H]4[C@H](C[C@@]3(O)C3=CC(=O)[C@@H]5[C@H]6c7cc(O)cc(O)c7CC[C@]6(O)[C@@H](O)C[C@]5(C)[C@H]32)O[C@]2([C@H]3CC[C@](C)(C=C3CNCC)[C@H](C)[C@@H]2O)[C@@]4(O)CCO)[C@H]2C(O)=c3ccccc3=C[C@@H]12. The second-order valence-electron chi connectivity index (χ2n) is 26.3. The van der Waals surface area contributed by atoms with E-state index in [2.05, 4.69) is 51.2 Å². The number of allylic oxidation sites excluding steroid dienone is 2. The fraction of sp³-hybridized carbons (Fsp3) is 0.689. The number of ketones is 1. The van der Waals surface area contributed by atoms with Crippen molar-refractivity contribution in [1.82, 2.24) is 5.32 Å². The average Bonchev–Trinajstić information content (AvgIpc) is 3.83. The lowest BCUT2D eigenvalue weighted by Crippen LogP contribution is -2.73. The Kier molecular flexibility index (Phi) is 11.3. The highest BCUT2D eigenvalue weighted by Gasteiger charge is 2.85. The maximum Gasteiger partial charge on any atom is 0.160 e. The van der Waals surface area contributed by atoms with Crippen molar-refractivity contribution < 1.29 is 55.5 Å². The highest BCUT2D eigenvalue weighted by Crippen LogP contribution is 2.82. The predicted octanol–water partition coefficient (Wildman–Crippen LogP) is 5.73. The molecular formula is C61H81NO11. The van der Waals surface area contributed by atoms with Gasteiger partial charge in [0.05, 0.1) is 29.5 Å². The van der Waals surface area contributed by atoms with Gasteiger partial charge in [-0.3, -0.25) is 4.79 Å². The molecule has 0 aromatic heterocycles. The van der Waals surface area contributed by atoms with E-state index >= 15 is 4.79 Å². The largest absolute Gasteiger partial charge is 0.511 e. The van der Waals surface area contributed by atoms with Crippen LogP contribution in [0, 0.1) is 69.0 Å². The number of rotatable bonds is 9. The zero-order chi connectivity index (χ0) is 51.8. The van der Waals surface area contributed by atoms with Gasteiger partial charge in [-0.1, -0.05) is 103 Å². The van der Waals surface area contributed by atoms with Crippen LogP contribution in [0.4, 0.5) is 0 Å². The molecule has 1 heterocycles. The molecule has 1 saturated heterocycles. The van der Waals surface area contributed by atoms with Gasteiger partial charge in [-0.2, -0.15) is 0 Å². The third-order valence-electron chi connectivity index (χ3n) is 23.3. The van der Waals surface area contributed by atoms with Crippen LogP contribution in [-0.4, -0.2) is 112 Å². The minimum atomic E-state index is -1.88. The third-order valence-corrected chi connectivity index (χ3v) is 23.3. The van der Waals surface area contributed by atoms with Crippen molar-refractivity contribution in [3.63, 3.8) is 0 Å². The number of hydrogen-bond donors (Lipinski definition) is 10. The van der Waals surface area contributed by atoms with Gasteiger partial charge in [0.1, 0.15) is 28.5 Å². The maximum atomic E-state index is 15.9. The molecule has 2 spiro atoms. The molecule has 10 N–H and O–H groups in total. The van der Waals surface area contributed by atoms with E-state index in [9.17, 15) is 46.0 Å². The van der Waals surface area contributed by atoms with Gasteiger partial charge in [0.2, 0.25) is 0 Å². The molecule has 11 aliphatic rings. The standard InChI is InChI=1S/C61H81NO11/c1-7-9-10-14-34-27-57(48-39(34)22-33-13-11-12-15-37(33)50(48)68)31-56(6)52-45(73-61(59(52,71)20-21-63)41-17-18-54(4,32(3)53(61)69)26-35(41)30-62-8-2)28-60(56,72)42-25-44(66)49-47-40-23-36(64)24-43(65)38(40)16-19-58(47,70)46(67)29-55(49,5)51(42)57/h11-13,15,22-26,32,34,39,41,45-49,51-53,62-65,67-72H,7-10,14,16-21,27-31H2,1-6H3/t32-,34-,39+,41+,45+,46+,47-,48-,49-,51+,52+,53+,54-,55+,56-,57-,58+,59-,60-,61+/m1/s1. The minimum Gasteiger partial charge on any atom is -0.511 e. The summed E-state index contributed by atoms with van der Waals surface area (Å²) in [5.41, 5.74) is -8.25. The summed E-state index contributed by atoms with van der Waals surface area (Å²) in [5.74, 6) is -5.24. The molecule has 0 unspecified atom stereocenters. The molecule has 13 rings (SSSR count). The second kappa shape index (κ2) is 16.5. The number of aromatic hydroxyl groups is 2. The Balaban J connectivity index is 1.11. The molecule has 0 radical (unpaired) electrons. The summed E-state index contributed by atoms with van der Waals surface area (Å²) in [6.07, 6.45) is 9.44. The number of nitrogens with one attached hydrogen (secondary N) is 1. The number of hydrogen-bond acceptors (Lipinski definition) is 12. The lowest BCUT2D eigenvalue weighted by atomic mass is 9.35. The van der Waals surface area contributed by atoms with Crippen LogP contribution in [0.2, 0.25) is 0 Å². The molecule has 5 saturated carbocycles. The molecule has 0 amide bonds. The zero-order valence-electron chi connectivity index (χ0n) is 43.8. The first-order valence-electron chi connectivity index (χ1n) is 28.1. The molecule has 2 aromatic carbocycles. The Bertz CT molecular complexity index is 2830. The fourth-order valence-corrected chi connectivity index (χ4v) is 20.5. The number of likely N-dealkylation sites (N-methyl/N-ethyl adjacent to an activating group) is 1. The van der Waals surface area contributed by atoms with E-state index in [0.29, 0.717) is 36.1 Å². The number of aliphatic hydroxyl groups is 7. The lowest BCUT2D eigenvalue weighted by Gasteiger charge is -2.70. The maximum absolute atomic E-state index is 15.9. The monoisotopic (exact) mass is 1000 g/mol. The molecular weight excluding hydrogens is 923 g/mol. The zero-order valence-corrected chi connectivity index (χ0v) is 43.8. The van der Waals surface area contributed by atoms with Gasteiger partial charge in [0.25, 0.3) is 0 Å². The number of fused-ring (bicyclic) bond motifs is 17. The normalized spacial score (nSPS) is 48.6. The molecule has 12 nitrogen and oxygen atoms in total. The molecule has 20 atom stereocenters. The second-order valence-corrected chi connectivity index (χ2v) is 26.3. The topological polar surface area (TPSA) is 220 Å². The van der Waals surface area contributed by atoms with Gasteiger partial charge < -0.3 is 56.0 Å². The first-order valence-corrected chi connectivity index (χ1v) is 28.1. The third kappa shape index (κ3) is 6.15. The number of carbonyl (C=O) groups is 1. The van der Waals surface area contributed by atoms with Gasteiger partial charge in [-0.25, -0.2) is 0 Å². The van der Waals surface area contributed by atoms with Gasteiger partial charge in [-0.05, 0) is 132 Å². The summed E-state index contributed by atoms with van der Waals surface area (Å²) in [6, 6.07) is 10.8. The van der Waals surface area contributed by atoms with Crippen molar-refractivity contribution in [3.05, 3.63) is 81.3 Å². The van der Waals surface area contributed by atoms with E-state index in [0.717, 1.165) is 54.7 Å². The lowest BCUT2D eigenvalue weighted by molar-refractivity contribution is -0.255. The molecule has 2 aromatic rings. The van der Waals surface area contributed by atoms with E-state index in [1.807, 2.05) is 32.0 Å². The minimum absolute atomic E-state index is 0.00657. The van der Waals surface area contributed by atoms with E-state index in [1.165, 1.54) is 12.1 Å². The average molecular weight is 1000 g/mol. The molecule has 1 aliphatic heterocycles. The Hall–Kier alpha value is -3.59. The van der Waals surface area contributed by atoms with Crippen molar-refractivity contribution in [3.8, 4) is 11.5 Å². The first kappa shape index (κ1) is 50.2. The number of ether oxygens (including phenoxy) is 1. The number of unbranched alkanes of at least 4 members (excludes halogenated alkanes) is 2. The summed E-state index contributed by atoms with van der Waals surface area (Å²) in [6.45, 7) is 13.5. The Morgan fingerprint density at radius 2 is 1.68 bits per heavy atom. The van der Waals surface area contributed by atoms with E-state index < -0.39 is 104 Å². The van der Waals surface area contributed by atoms with E-state index in [1.54, 1.807) is 6.08 Å².